The monoisotopic (exact) mass is 272 g/mol. The number of hydrogen-bond acceptors (Lipinski definition) is 3. The minimum Gasteiger partial charge on any atom is -0.326 e. The highest BCUT2D eigenvalue weighted by atomic mass is 32.2. The molecule has 0 radical (unpaired) electrons. The highest BCUT2D eigenvalue weighted by molar-refractivity contribution is 7.99. The fourth-order valence-electron chi connectivity index (χ4n) is 1.61. The lowest BCUT2D eigenvalue weighted by Crippen LogP contribution is -2.12. The van der Waals surface area contributed by atoms with Crippen LogP contribution in [0, 0.1) is 6.92 Å². The van der Waals surface area contributed by atoms with Crippen molar-refractivity contribution < 1.29 is 4.79 Å². The maximum atomic E-state index is 11.8. The first-order valence-electron chi connectivity index (χ1n) is 6.15. The topological polar surface area (TPSA) is 42.0 Å². The number of anilines is 1. The zero-order valence-electron chi connectivity index (χ0n) is 10.8. The summed E-state index contributed by atoms with van der Waals surface area (Å²) in [4.78, 5) is 16.0. The van der Waals surface area contributed by atoms with E-state index in [-0.39, 0.29) is 5.91 Å². The lowest BCUT2D eigenvalue weighted by molar-refractivity contribution is -0.115. The Balaban J connectivity index is 1.78. The maximum Gasteiger partial charge on any atom is 0.225 e. The first-order valence-corrected chi connectivity index (χ1v) is 7.13. The van der Waals surface area contributed by atoms with Crippen LogP contribution in [0.25, 0.3) is 0 Å². The number of para-hydroxylation sites is 1. The average molecular weight is 272 g/mol. The standard InChI is InChI=1S/C15H16N2OS/c1-12-6-2-3-7-13(12)17-14(18)9-11-19-15-8-4-5-10-16-15/h2-8,10H,9,11H2,1H3,(H,17,18). The third-order valence-corrected chi connectivity index (χ3v) is 3.58. The van der Waals surface area contributed by atoms with Crippen LogP contribution in [0.5, 0.6) is 0 Å². The van der Waals surface area contributed by atoms with Gasteiger partial charge in [0, 0.05) is 24.1 Å². The quantitative estimate of drug-likeness (QED) is 0.847. The molecule has 1 aromatic carbocycles. The molecule has 0 atom stereocenters. The minimum absolute atomic E-state index is 0.0396. The summed E-state index contributed by atoms with van der Waals surface area (Å²) >= 11 is 1.59. The summed E-state index contributed by atoms with van der Waals surface area (Å²) in [5.41, 5.74) is 1.96. The van der Waals surface area contributed by atoms with Crippen molar-refractivity contribution in [3.05, 3.63) is 54.2 Å². The van der Waals surface area contributed by atoms with Crippen molar-refractivity contribution in [2.75, 3.05) is 11.1 Å². The van der Waals surface area contributed by atoms with Crippen molar-refractivity contribution >= 4 is 23.4 Å². The number of nitrogens with zero attached hydrogens (tertiary/aromatic N) is 1. The predicted molar refractivity (Wildman–Crippen MR) is 79.4 cm³/mol. The first kappa shape index (κ1) is 13.6. The highest BCUT2D eigenvalue weighted by Gasteiger charge is 2.04. The molecule has 1 amide bonds. The van der Waals surface area contributed by atoms with Gasteiger partial charge in [-0.25, -0.2) is 4.98 Å². The fraction of sp³-hybridized carbons (Fsp3) is 0.200. The molecule has 0 aliphatic heterocycles. The van der Waals surface area contributed by atoms with Crippen LogP contribution in [0.1, 0.15) is 12.0 Å². The zero-order valence-corrected chi connectivity index (χ0v) is 11.6. The Bertz CT molecular complexity index is 543. The van der Waals surface area contributed by atoms with E-state index < -0.39 is 0 Å². The molecule has 0 spiro atoms. The van der Waals surface area contributed by atoms with Crippen LogP contribution < -0.4 is 5.32 Å². The van der Waals surface area contributed by atoms with Gasteiger partial charge in [0.05, 0.1) is 5.03 Å². The average Bonchev–Trinajstić information content (AvgIpc) is 2.43. The molecule has 1 aromatic heterocycles. The number of benzene rings is 1. The van der Waals surface area contributed by atoms with Crippen molar-refractivity contribution in [3.8, 4) is 0 Å². The Kier molecular flexibility index (Phi) is 4.98. The molecule has 1 heterocycles. The number of hydrogen-bond donors (Lipinski definition) is 1. The van der Waals surface area contributed by atoms with E-state index in [1.54, 1.807) is 18.0 Å². The normalized spacial score (nSPS) is 10.2. The second-order valence-electron chi connectivity index (χ2n) is 4.13. The second kappa shape index (κ2) is 6.95. The van der Waals surface area contributed by atoms with E-state index in [1.807, 2.05) is 49.4 Å². The van der Waals surface area contributed by atoms with Crippen LogP contribution >= 0.6 is 11.8 Å². The van der Waals surface area contributed by atoms with Gasteiger partial charge in [0.2, 0.25) is 5.91 Å². The molecule has 0 aliphatic rings. The Labute approximate surface area is 117 Å². The molecule has 0 fully saturated rings. The van der Waals surface area contributed by atoms with Crippen LogP contribution in [-0.2, 0) is 4.79 Å². The predicted octanol–water partition coefficient (Wildman–Crippen LogP) is 3.51. The smallest absolute Gasteiger partial charge is 0.225 e. The van der Waals surface area contributed by atoms with Gasteiger partial charge in [0.25, 0.3) is 0 Å². The first-order chi connectivity index (χ1) is 9.25. The molecule has 19 heavy (non-hydrogen) atoms. The van der Waals surface area contributed by atoms with E-state index in [9.17, 15) is 4.79 Å². The number of carbonyl (C=O) groups is 1. The van der Waals surface area contributed by atoms with Crippen LogP contribution in [0.2, 0.25) is 0 Å². The molecule has 0 aliphatic carbocycles. The summed E-state index contributed by atoms with van der Waals surface area (Å²) in [6.07, 6.45) is 2.24. The van der Waals surface area contributed by atoms with E-state index in [0.717, 1.165) is 22.0 Å². The van der Waals surface area contributed by atoms with Crippen molar-refractivity contribution in [2.24, 2.45) is 0 Å². The van der Waals surface area contributed by atoms with E-state index >= 15 is 0 Å². The molecule has 0 bridgehead atoms. The summed E-state index contributed by atoms with van der Waals surface area (Å²) in [5, 5.41) is 3.87. The van der Waals surface area contributed by atoms with Gasteiger partial charge in [-0.1, -0.05) is 24.3 Å². The van der Waals surface area contributed by atoms with Crippen molar-refractivity contribution in [3.63, 3.8) is 0 Å². The Morgan fingerprint density at radius 2 is 2.00 bits per heavy atom. The molecule has 1 N–H and O–H groups in total. The largest absolute Gasteiger partial charge is 0.326 e. The van der Waals surface area contributed by atoms with Gasteiger partial charge in [-0.15, -0.1) is 11.8 Å². The van der Waals surface area contributed by atoms with Crippen LogP contribution in [0.15, 0.2) is 53.7 Å². The van der Waals surface area contributed by atoms with Crippen molar-refractivity contribution in [2.45, 2.75) is 18.4 Å². The summed E-state index contributed by atoms with van der Waals surface area (Å²) in [6.45, 7) is 1.98. The van der Waals surface area contributed by atoms with Gasteiger partial charge in [-0.2, -0.15) is 0 Å². The molecular formula is C15H16N2OS. The number of thioether (sulfide) groups is 1. The van der Waals surface area contributed by atoms with Gasteiger partial charge in [-0.3, -0.25) is 4.79 Å². The van der Waals surface area contributed by atoms with Gasteiger partial charge in [0.15, 0.2) is 0 Å². The molecule has 0 saturated carbocycles. The number of carbonyl (C=O) groups excluding carboxylic acids is 1. The molecule has 3 nitrogen and oxygen atoms in total. The van der Waals surface area contributed by atoms with Crippen LogP contribution in [0.3, 0.4) is 0 Å². The minimum atomic E-state index is 0.0396. The summed E-state index contributed by atoms with van der Waals surface area (Å²) in [6, 6.07) is 13.6. The third kappa shape index (κ3) is 4.41. The van der Waals surface area contributed by atoms with Crippen LogP contribution in [0.4, 0.5) is 5.69 Å². The lowest BCUT2D eigenvalue weighted by Gasteiger charge is -2.07. The summed E-state index contributed by atoms with van der Waals surface area (Å²) < 4.78 is 0. The number of pyridine rings is 1. The van der Waals surface area contributed by atoms with Gasteiger partial charge in [0.1, 0.15) is 0 Å². The molecule has 2 aromatic rings. The molecule has 4 heteroatoms. The van der Waals surface area contributed by atoms with Gasteiger partial charge < -0.3 is 5.32 Å². The Hall–Kier alpha value is -1.81. The summed E-state index contributed by atoms with van der Waals surface area (Å²) in [5.74, 6) is 0.770. The number of aryl methyl sites for hydroxylation is 1. The fourth-order valence-corrected chi connectivity index (χ4v) is 2.41. The SMILES string of the molecule is Cc1ccccc1NC(=O)CCSc1ccccn1. The van der Waals surface area contributed by atoms with Crippen molar-refractivity contribution in [1.29, 1.82) is 0 Å². The van der Waals surface area contributed by atoms with E-state index in [4.69, 9.17) is 0 Å². The Morgan fingerprint density at radius 3 is 2.74 bits per heavy atom. The second-order valence-corrected chi connectivity index (χ2v) is 5.24. The van der Waals surface area contributed by atoms with E-state index in [2.05, 4.69) is 10.3 Å². The molecule has 98 valence electrons. The van der Waals surface area contributed by atoms with Crippen LogP contribution in [-0.4, -0.2) is 16.6 Å². The summed E-state index contributed by atoms with van der Waals surface area (Å²) in [7, 11) is 0. The number of aromatic nitrogens is 1. The van der Waals surface area contributed by atoms with Crippen molar-refractivity contribution in [1.82, 2.24) is 4.98 Å². The van der Waals surface area contributed by atoms with Gasteiger partial charge >= 0.3 is 0 Å². The Morgan fingerprint density at radius 1 is 1.21 bits per heavy atom. The maximum absolute atomic E-state index is 11.8. The number of rotatable bonds is 5. The highest BCUT2D eigenvalue weighted by Crippen LogP contribution is 2.17. The number of amides is 1. The molecular weight excluding hydrogens is 256 g/mol. The molecule has 2 rings (SSSR count). The lowest BCUT2D eigenvalue weighted by atomic mass is 10.2. The molecule has 0 saturated heterocycles. The zero-order chi connectivity index (χ0) is 13.5. The van der Waals surface area contributed by atoms with Gasteiger partial charge in [-0.05, 0) is 30.7 Å². The van der Waals surface area contributed by atoms with E-state index in [0.29, 0.717) is 6.42 Å². The van der Waals surface area contributed by atoms with E-state index in [1.165, 1.54) is 0 Å². The molecule has 0 unspecified atom stereocenters. The third-order valence-electron chi connectivity index (χ3n) is 2.64. The number of nitrogens with one attached hydrogen (secondary N) is 1.